The summed E-state index contributed by atoms with van der Waals surface area (Å²) in [6.07, 6.45) is 0. The van der Waals surface area contributed by atoms with Gasteiger partial charge in [0.2, 0.25) is 0 Å². The summed E-state index contributed by atoms with van der Waals surface area (Å²) in [5.74, 6) is -0.339. The molecule has 1 aromatic carbocycles. The van der Waals surface area contributed by atoms with E-state index < -0.39 is 0 Å². The summed E-state index contributed by atoms with van der Waals surface area (Å²) in [4.78, 5) is 11.4. The molecule has 0 aliphatic heterocycles. The number of fused-ring (bicyclic) bond motifs is 1. The van der Waals surface area contributed by atoms with E-state index in [9.17, 15) is 4.79 Å². The number of hydrogen-bond acceptors (Lipinski definition) is 4. The molecular weight excluding hydrogens is 194 g/mol. The van der Waals surface area contributed by atoms with E-state index in [1.54, 1.807) is 19.1 Å². The molecule has 0 bridgehead atoms. The van der Waals surface area contributed by atoms with Gasteiger partial charge in [-0.05, 0) is 32.0 Å². The highest BCUT2D eigenvalue weighted by Crippen LogP contribution is 2.19. The van der Waals surface area contributed by atoms with E-state index in [0.29, 0.717) is 17.8 Å². The van der Waals surface area contributed by atoms with Crippen LogP contribution >= 0.6 is 0 Å². The first-order valence-corrected chi connectivity index (χ1v) is 4.75. The third-order valence-electron chi connectivity index (χ3n) is 2.16. The third-order valence-corrected chi connectivity index (χ3v) is 2.16. The van der Waals surface area contributed by atoms with Crippen molar-refractivity contribution in [1.29, 1.82) is 0 Å². The molecule has 0 amide bonds. The molecule has 78 valence electrons. The van der Waals surface area contributed by atoms with Gasteiger partial charge in [0.15, 0.2) is 5.58 Å². The van der Waals surface area contributed by atoms with Gasteiger partial charge >= 0.3 is 5.97 Å². The molecule has 0 radical (unpaired) electrons. The van der Waals surface area contributed by atoms with Crippen LogP contribution in [0.3, 0.4) is 0 Å². The highest BCUT2D eigenvalue weighted by Gasteiger charge is 2.10. The number of aromatic nitrogens is 1. The van der Waals surface area contributed by atoms with Crippen molar-refractivity contribution in [2.75, 3.05) is 6.61 Å². The zero-order chi connectivity index (χ0) is 10.8. The van der Waals surface area contributed by atoms with Gasteiger partial charge in [0.25, 0.3) is 0 Å². The maximum Gasteiger partial charge on any atom is 0.338 e. The number of carbonyl (C=O) groups excluding carboxylic acids is 1. The lowest BCUT2D eigenvalue weighted by molar-refractivity contribution is 0.0526. The molecule has 0 atom stereocenters. The van der Waals surface area contributed by atoms with Crippen LogP contribution in [0.5, 0.6) is 0 Å². The lowest BCUT2D eigenvalue weighted by Crippen LogP contribution is -2.03. The molecule has 0 aliphatic carbocycles. The number of aryl methyl sites for hydroxylation is 1. The van der Waals surface area contributed by atoms with Gasteiger partial charge in [-0.1, -0.05) is 5.16 Å². The van der Waals surface area contributed by atoms with E-state index >= 15 is 0 Å². The van der Waals surface area contributed by atoms with Crippen molar-refractivity contribution in [1.82, 2.24) is 5.16 Å². The molecule has 1 heterocycles. The number of rotatable bonds is 2. The van der Waals surface area contributed by atoms with Crippen molar-refractivity contribution >= 4 is 16.9 Å². The summed E-state index contributed by atoms with van der Waals surface area (Å²) in [5, 5.41) is 4.73. The topological polar surface area (TPSA) is 52.3 Å². The zero-order valence-corrected chi connectivity index (χ0v) is 8.61. The smallest absolute Gasteiger partial charge is 0.338 e. The van der Waals surface area contributed by atoms with Crippen molar-refractivity contribution < 1.29 is 14.1 Å². The molecule has 1 aromatic heterocycles. The molecule has 0 spiro atoms. The Morgan fingerprint density at radius 2 is 2.33 bits per heavy atom. The van der Waals surface area contributed by atoms with Crippen molar-refractivity contribution in [2.45, 2.75) is 13.8 Å². The Labute approximate surface area is 86.8 Å². The first-order chi connectivity index (χ1) is 7.22. The predicted molar refractivity (Wildman–Crippen MR) is 54.7 cm³/mol. The van der Waals surface area contributed by atoms with E-state index in [0.717, 1.165) is 11.1 Å². The Kier molecular flexibility index (Phi) is 2.41. The molecule has 0 N–H and O–H groups in total. The number of carbonyl (C=O) groups is 1. The maximum atomic E-state index is 11.4. The third kappa shape index (κ3) is 1.70. The molecule has 2 rings (SSSR count). The van der Waals surface area contributed by atoms with Crippen LogP contribution in [0.2, 0.25) is 0 Å². The fraction of sp³-hybridized carbons (Fsp3) is 0.273. The van der Waals surface area contributed by atoms with Gasteiger partial charge in [-0.3, -0.25) is 0 Å². The van der Waals surface area contributed by atoms with E-state index in [1.807, 2.05) is 13.0 Å². The number of esters is 1. The van der Waals surface area contributed by atoms with Crippen molar-refractivity contribution in [3.63, 3.8) is 0 Å². The minimum absolute atomic E-state index is 0.339. The van der Waals surface area contributed by atoms with Gasteiger partial charge in [0.05, 0.1) is 17.9 Å². The molecular formula is C11H11NO3. The standard InChI is InChI=1S/C11H11NO3/c1-3-14-11(13)8-4-5-9-7(2)12-15-10(9)6-8/h4-6H,3H2,1-2H3. The fourth-order valence-corrected chi connectivity index (χ4v) is 1.40. The minimum Gasteiger partial charge on any atom is -0.462 e. The van der Waals surface area contributed by atoms with Gasteiger partial charge in [0.1, 0.15) is 0 Å². The average molecular weight is 205 g/mol. The first kappa shape index (κ1) is 9.71. The average Bonchev–Trinajstić information content (AvgIpc) is 2.60. The molecule has 0 saturated carbocycles. The van der Waals surface area contributed by atoms with Crippen LogP contribution < -0.4 is 0 Å². The summed E-state index contributed by atoms with van der Waals surface area (Å²) in [6, 6.07) is 5.17. The van der Waals surface area contributed by atoms with Gasteiger partial charge in [0, 0.05) is 5.39 Å². The Bertz CT molecular complexity index is 502. The quantitative estimate of drug-likeness (QED) is 0.706. The van der Waals surface area contributed by atoms with Crippen LogP contribution in [0.1, 0.15) is 23.0 Å². The van der Waals surface area contributed by atoms with Crippen LogP contribution in [-0.4, -0.2) is 17.7 Å². The van der Waals surface area contributed by atoms with E-state index in [1.165, 1.54) is 0 Å². The van der Waals surface area contributed by atoms with Crippen LogP contribution in [0, 0.1) is 6.92 Å². The monoisotopic (exact) mass is 205 g/mol. The largest absolute Gasteiger partial charge is 0.462 e. The molecule has 4 nitrogen and oxygen atoms in total. The van der Waals surface area contributed by atoms with Crippen LogP contribution in [-0.2, 0) is 4.74 Å². The summed E-state index contributed by atoms with van der Waals surface area (Å²) >= 11 is 0. The van der Waals surface area contributed by atoms with Gasteiger partial charge in [-0.2, -0.15) is 0 Å². The molecule has 0 fully saturated rings. The zero-order valence-electron chi connectivity index (χ0n) is 8.61. The summed E-state index contributed by atoms with van der Waals surface area (Å²) in [6.45, 7) is 4.00. The normalized spacial score (nSPS) is 10.5. The number of hydrogen-bond donors (Lipinski definition) is 0. The van der Waals surface area contributed by atoms with Gasteiger partial charge in [-0.25, -0.2) is 4.79 Å². The number of nitrogens with zero attached hydrogens (tertiary/aromatic N) is 1. The highest BCUT2D eigenvalue weighted by atomic mass is 16.5. The van der Waals surface area contributed by atoms with Gasteiger partial charge < -0.3 is 9.26 Å². The van der Waals surface area contributed by atoms with Crippen molar-refractivity contribution in [2.24, 2.45) is 0 Å². The molecule has 15 heavy (non-hydrogen) atoms. The first-order valence-electron chi connectivity index (χ1n) is 4.75. The number of benzene rings is 1. The summed E-state index contributed by atoms with van der Waals surface area (Å²) in [7, 11) is 0. The highest BCUT2D eigenvalue weighted by molar-refractivity contribution is 5.94. The number of ether oxygens (including phenoxy) is 1. The molecule has 0 unspecified atom stereocenters. The van der Waals surface area contributed by atoms with Crippen LogP contribution in [0.25, 0.3) is 11.0 Å². The second-order valence-corrected chi connectivity index (χ2v) is 3.20. The van der Waals surface area contributed by atoms with Crippen LogP contribution in [0.4, 0.5) is 0 Å². The Balaban J connectivity index is 2.43. The van der Waals surface area contributed by atoms with E-state index in [2.05, 4.69) is 5.16 Å². The SMILES string of the molecule is CCOC(=O)c1ccc2c(C)noc2c1. The predicted octanol–water partition coefficient (Wildman–Crippen LogP) is 2.31. The molecule has 0 saturated heterocycles. The molecule has 0 aliphatic rings. The Hall–Kier alpha value is -1.84. The van der Waals surface area contributed by atoms with Gasteiger partial charge in [-0.15, -0.1) is 0 Å². The molecule has 4 heteroatoms. The minimum atomic E-state index is -0.339. The second-order valence-electron chi connectivity index (χ2n) is 3.20. The summed E-state index contributed by atoms with van der Waals surface area (Å²) in [5.41, 5.74) is 1.92. The van der Waals surface area contributed by atoms with E-state index in [-0.39, 0.29) is 5.97 Å². The van der Waals surface area contributed by atoms with Crippen LogP contribution in [0.15, 0.2) is 22.7 Å². The maximum absolute atomic E-state index is 11.4. The lowest BCUT2D eigenvalue weighted by atomic mass is 10.1. The van der Waals surface area contributed by atoms with Crippen molar-refractivity contribution in [3.05, 3.63) is 29.5 Å². The van der Waals surface area contributed by atoms with Crippen molar-refractivity contribution in [3.8, 4) is 0 Å². The summed E-state index contributed by atoms with van der Waals surface area (Å²) < 4.78 is 9.94. The Morgan fingerprint density at radius 3 is 3.07 bits per heavy atom. The second kappa shape index (κ2) is 3.73. The van der Waals surface area contributed by atoms with E-state index in [4.69, 9.17) is 9.26 Å². The Morgan fingerprint density at radius 1 is 1.53 bits per heavy atom. The fourth-order valence-electron chi connectivity index (χ4n) is 1.40. The molecule has 2 aromatic rings. The lowest BCUT2D eigenvalue weighted by Gasteiger charge is -2.00.